The maximum Gasteiger partial charge on any atom is 0.310 e. The van der Waals surface area contributed by atoms with E-state index in [0.29, 0.717) is 23.0 Å². The van der Waals surface area contributed by atoms with Gasteiger partial charge in [-0.25, -0.2) is 0 Å². The highest BCUT2D eigenvalue weighted by molar-refractivity contribution is 5.78. The van der Waals surface area contributed by atoms with Crippen LogP contribution in [0.4, 0.5) is 0 Å². The molecule has 138 valence electrons. The molecule has 2 aliphatic rings. The molecule has 1 N–H and O–H groups in total. The summed E-state index contributed by atoms with van der Waals surface area (Å²) in [4.78, 5) is 12.5. The van der Waals surface area contributed by atoms with Crippen molar-refractivity contribution in [3.63, 3.8) is 0 Å². The molecule has 26 heavy (non-hydrogen) atoms. The highest BCUT2D eigenvalue weighted by atomic mass is 16.5. The zero-order valence-corrected chi connectivity index (χ0v) is 14.7. The number of aliphatic hydroxyl groups excluding tert-OH is 1. The van der Waals surface area contributed by atoms with Crippen molar-refractivity contribution in [3.05, 3.63) is 41.3 Å². The van der Waals surface area contributed by atoms with Crippen molar-refractivity contribution in [3.8, 4) is 17.2 Å². The quantitative estimate of drug-likeness (QED) is 0.837. The van der Waals surface area contributed by atoms with Gasteiger partial charge in [0, 0.05) is 17.4 Å². The first-order valence-corrected chi connectivity index (χ1v) is 8.32. The minimum absolute atomic E-state index is 0.172. The van der Waals surface area contributed by atoms with Crippen LogP contribution in [0.25, 0.3) is 0 Å². The Balaban J connectivity index is 1.91. The van der Waals surface area contributed by atoms with E-state index in [9.17, 15) is 9.90 Å². The van der Waals surface area contributed by atoms with Crippen molar-refractivity contribution in [1.82, 2.24) is 0 Å². The van der Waals surface area contributed by atoms with Gasteiger partial charge >= 0.3 is 5.97 Å². The molecule has 1 aromatic carbocycles. The van der Waals surface area contributed by atoms with Crippen molar-refractivity contribution in [1.29, 1.82) is 0 Å². The summed E-state index contributed by atoms with van der Waals surface area (Å²) < 4.78 is 27.0. The SMILES string of the molecule is COc1cc([C@@H]2c3ccoc3[C@H](O)[C@H]3COC(=O)[C@H]23)cc(OC)c1OC. The number of hydrogen-bond acceptors (Lipinski definition) is 7. The van der Waals surface area contributed by atoms with Gasteiger partial charge < -0.3 is 28.5 Å². The van der Waals surface area contributed by atoms with E-state index in [-0.39, 0.29) is 24.4 Å². The van der Waals surface area contributed by atoms with Crippen LogP contribution >= 0.6 is 0 Å². The average Bonchev–Trinajstić information content (AvgIpc) is 3.29. The molecule has 2 aromatic rings. The summed E-state index contributed by atoms with van der Waals surface area (Å²) in [5, 5.41) is 10.6. The lowest BCUT2D eigenvalue weighted by molar-refractivity contribution is -0.141. The first-order valence-electron chi connectivity index (χ1n) is 8.32. The van der Waals surface area contributed by atoms with Crippen LogP contribution < -0.4 is 14.2 Å². The Morgan fingerprint density at radius 2 is 1.81 bits per heavy atom. The van der Waals surface area contributed by atoms with Gasteiger partial charge in [-0.3, -0.25) is 4.79 Å². The number of hydrogen-bond donors (Lipinski definition) is 1. The zero-order valence-electron chi connectivity index (χ0n) is 14.7. The summed E-state index contributed by atoms with van der Waals surface area (Å²) in [6.07, 6.45) is 0.667. The highest BCUT2D eigenvalue weighted by Gasteiger charge is 2.53. The predicted octanol–water partition coefficient (Wildman–Crippen LogP) is 2.27. The van der Waals surface area contributed by atoms with Gasteiger partial charge in [-0.15, -0.1) is 0 Å². The minimum atomic E-state index is -0.866. The molecule has 1 aromatic heterocycles. The molecule has 1 saturated heterocycles. The number of methoxy groups -OCH3 is 3. The molecule has 4 atom stereocenters. The molecule has 0 radical (unpaired) electrons. The molecule has 0 saturated carbocycles. The number of rotatable bonds is 4. The van der Waals surface area contributed by atoms with Crippen LogP contribution in [0.1, 0.15) is 28.9 Å². The summed E-state index contributed by atoms with van der Waals surface area (Å²) in [6, 6.07) is 5.43. The second kappa shape index (κ2) is 6.25. The van der Waals surface area contributed by atoms with Crippen molar-refractivity contribution in [2.45, 2.75) is 12.0 Å². The Labute approximate surface area is 150 Å². The fraction of sp³-hybridized carbons (Fsp3) is 0.421. The van der Waals surface area contributed by atoms with Crippen LogP contribution in [0.5, 0.6) is 17.2 Å². The number of ether oxygens (including phenoxy) is 4. The molecule has 0 bridgehead atoms. The second-order valence-corrected chi connectivity index (χ2v) is 6.44. The summed E-state index contributed by atoms with van der Waals surface area (Å²) in [5.41, 5.74) is 1.58. The number of cyclic esters (lactones) is 1. The van der Waals surface area contributed by atoms with E-state index in [0.717, 1.165) is 11.1 Å². The zero-order chi connectivity index (χ0) is 18.4. The number of fused-ring (bicyclic) bond motifs is 2. The molecule has 2 heterocycles. The van der Waals surface area contributed by atoms with E-state index in [2.05, 4.69) is 0 Å². The normalized spacial score (nSPS) is 26.7. The number of benzene rings is 1. The Hall–Kier alpha value is -2.67. The smallest absolute Gasteiger partial charge is 0.310 e. The first-order chi connectivity index (χ1) is 12.6. The molecule has 1 aliphatic heterocycles. The lowest BCUT2D eigenvalue weighted by atomic mass is 9.68. The number of carbonyl (C=O) groups is 1. The van der Waals surface area contributed by atoms with Crippen molar-refractivity contribution < 1.29 is 33.3 Å². The van der Waals surface area contributed by atoms with E-state index in [1.807, 2.05) is 12.1 Å². The number of carbonyl (C=O) groups excluding carboxylic acids is 1. The molecular formula is C19H20O7. The third-order valence-corrected chi connectivity index (χ3v) is 5.29. The van der Waals surface area contributed by atoms with Gasteiger partial charge in [0.25, 0.3) is 0 Å². The molecular weight excluding hydrogens is 340 g/mol. The van der Waals surface area contributed by atoms with Gasteiger partial charge in [0.05, 0.1) is 40.1 Å². The molecule has 7 heteroatoms. The Kier molecular flexibility index (Phi) is 4.03. The number of esters is 1. The molecule has 0 spiro atoms. The monoisotopic (exact) mass is 360 g/mol. The van der Waals surface area contributed by atoms with Crippen molar-refractivity contribution in [2.24, 2.45) is 11.8 Å². The standard InChI is InChI=1S/C19H20O7/c1-22-12-6-9(7-13(23-2)18(12)24-3)14-10-4-5-25-17(10)16(20)11-8-26-19(21)15(11)14/h4-7,11,14-16,20H,8H2,1-3H3/t11-,14+,15-,16+/m0/s1. The van der Waals surface area contributed by atoms with Gasteiger partial charge in [-0.2, -0.15) is 0 Å². The predicted molar refractivity (Wildman–Crippen MR) is 89.5 cm³/mol. The lowest BCUT2D eigenvalue weighted by Gasteiger charge is -2.33. The van der Waals surface area contributed by atoms with Crippen molar-refractivity contribution >= 4 is 5.97 Å². The third-order valence-electron chi connectivity index (χ3n) is 5.29. The lowest BCUT2D eigenvalue weighted by Crippen LogP contribution is -2.33. The van der Waals surface area contributed by atoms with E-state index < -0.39 is 12.0 Å². The molecule has 1 aliphatic carbocycles. The fourth-order valence-corrected chi connectivity index (χ4v) is 4.11. The van der Waals surface area contributed by atoms with Crippen LogP contribution in [-0.4, -0.2) is 39.0 Å². The van der Waals surface area contributed by atoms with Crippen LogP contribution in [-0.2, 0) is 9.53 Å². The van der Waals surface area contributed by atoms with E-state index >= 15 is 0 Å². The number of aliphatic hydroxyl groups is 1. The van der Waals surface area contributed by atoms with Gasteiger partial charge in [-0.1, -0.05) is 0 Å². The topological polar surface area (TPSA) is 87.4 Å². The van der Waals surface area contributed by atoms with Crippen LogP contribution in [0, 0.1) is 11.8 Å². The Morgan fingerprint density at radius 3 is 2.42 bits per heavy atom. The largest absolute Gasteiger partial charge is 0.493 e. The fourth-order valence-electron chi connectivity index (χ4n) is 4.11. The molecule has 0 amide bonds. The third kappa shape index (κ3) is 2.27. The summed E-state index contributed by atoms with van der Waals surface area (Å²) >= 11 is 0. The molecule has 1 fully saturated rings. The first kappa shape index (κ1) is 16.8. The van der Waals surface area contributed by atoms with Gasteiger partial charge in [0.15, 0.2) is 11.5 Å². The highest BCUT2D eigenvalue weighted by Crippen LogP contribution is 2.53. The van der Waals surface area contributed by atoms with Gasteiger partial charge in [0.1, 0.15) is 11.9 Å². The minimum Gasteiger partial charge on any atom is -0.493 e. The number of furan rings is 1. The second-order valence-electron chi connectivity index (χ2n) is 6.44. The molecule has 0 unspecified atom stereocenters. The van der Waals surface area contributed by atoms with Crippen LogP contribution in [0.15, 0.2) is 28.9 Å². The molecule has 7 nitrogen and oxygen atoms in total. The summed E-state index contributed by atoms with van der Waals surface area (Å²) in [5.74, 6) is 0.446. The summed E-state index contributed by atoms with van der Waals surface area (Å²) in [6.45, 7) is 0.172. The Morgan fingerprint density at radius 1 is 1.12 bits per heavy atom. The van der Waals surface area contributed by atoms with Crippen LogP contribution in [0.3, 0.4) is 0 Å². The average molecular weight is 360 g/mol. The maximum absolute atomic E-state index is 12.5. The van der Waals surface area contributed by atoms with Gasteiger partial charge in [-0.05, 0) is 23.8 Å². The van der Waals surface area contributed by atoms with E-state index in [4.69, 9.17) is 23.4 Å². The summed E-state index contributed by atoms with van der Waals surface area (Å²) in [7, 11) is 4.62. The van der Waals surface area contributed by atoms with Crippen LogP contribution in [0.2, 0.25) is 0 Å². The van der Waals surface area contributed by atoms with Gasteiger partial charge in [0.2, 0.25) is 5.75 Å². The Bertz CT molecular complexity index is 815. The molecule has 4 rings (SSSR count). The van der Waals surface area contributed by atoms with E-state index in [1.54, 1.807) is 20.3 Å². The van der Waals surface area contributed by atoms with Crippen molar-refractivity contribution in [2.75, 3.05) is 27.9 Å². The van der Waals surface area contributed by atoms with E-state index in [1.165, 1.54) is 13.4 Å². The maximum atomic E-state index is 12.5.